The molecule has 1 aliphatic rings. The maximum atomic E-state index is 12.9. The predicted molar refractivity (Wildman–Crippen MR) is 98.8 cm³/mol. The van der Waals surface area contributed by atoms with Gasteiger partial charge in [-0.25, -0.2) is 9.78 Å². The first-order valence-corrected chi connectivity index (χ1v) is 9.49. The maximum absolute atomic E-state index is 12.9. The number of hydrogen-bond acceptors (Lipinski definition) is 6. The van der Waals surface area contributed by atoms with Gasteiger partial charge in [0.1, 0.15) is 4.83 Å². The van der Waals surface area contributed by atoms with E-state index in [9.17, 15) is 14.4 Å². The summed E-state index contributed by atoms with van der Waals surface area (Å²) >= 11 is 1.25. The number of carbonyl (C=O) groups is 2. The third kappa shape index (κ3) is 3.18. The predicted octanol–water partition coefficient (Wildman–Crippen LogP) is 1.70. The van der Waals surface area contributed by atoms with Crippen LogP contribution in [-0.2, 0) is 11.3 Å². The van der Waals surface area contributed by atoms with Gasteiger partial charge in [0, 0.05) is 32.7 Å². The molecule has 0 saturated carbocycles. The van der Waals surface area contributed by atoms with Gasteiger partial charge in [0.25, 0.3) is 11.5 Å². The quantitative estimate of drug-likeness (QED) is 0.812. The fourth-order valence-corrected chi connectivity index (χ4v) is 4.15. The number of amides is 2. The number of hydrogen-bond donors (Lipinski definition) is 0. The Kier molecular flexibility index (Phi) is 5.26. The van der Waals surface area contributed by atoms with Crippen LogP contribution in [0.25, 0.3) is 10.2 Å². The first-order chi connectivity index (χ1) is 12.5. The van der Waals surface area contributed by atoms with Crippen molar-refractivity contribution in [3.05, 3.63) is 27.1 Å². The summed E-state index contributed by atoms with van der Waals surface area (Å²) in [5.41, 5.74) is 0.570. The van der Waals surface area contributed by atoms with Crippen LogP contribution in [-0.4, -0.2) is 64.1 Å². The summed E-state index contributed by atoms with van der Waals surface area (Å²) in [6.45, 7) is 8.08. The third-order valence-corrected chi connectivity index (χ3v) is 5.73. The first-order valence-electron chi connectivity index (χ1n) is 8.67. The number of piperazine rings is 1. The van der Waals surface area contributed by atoms with Gasteiger partial charge in [0.05, 0.1) is 23.2 Å². The Morgan fingerprint density at radius 1 is 1.19 bits per heavy atom. The van der Waals surface area contributed by atoms with E-state index in [1.165, 1.54) is 22.2 Å². The molecule has 2 amide bonds. The van der Waals surface area contributed by atoms with Gasteiger partial charge in [-0.05, 0) is 26.3 Å². The minimum absolute atomic E-state index is 0.113. The van der Waals surface area contributed by atoms with Crippen molar-refractivity contribution in [3.8, 4) is 0 Å². The molecule has 0 spiro atoms. The summed E-state index contributed by atoms with van der Waals surface area (Å²) in [5, 5.41) is 0.521. The van der Waals surface area contributed by atoms with Gasteiger partial charge in [-0.3, -0.25) is 14.2 Å². The first kappa shape index (κ1) is 18.4. The molecule has 3 rings (SSSR count). The highest BCUT2D eigenvalue weighted by Gasteiger charge is 2.28. The van der Waals surface area contributed by atoms with Crippen LogP contribution >= 0.6 is 11.3 Å². The van der Waals surface area contributed by atoms with E-state index in [0.29, 0.717) is 60.0 Å². The molecule has 0 radical (unpaired) electrons. The van der Waals surface area contributed by atoms with Crippen molar-refractivity contribution in [1.82, 2.24) is 19.4 Å². The summed E-state index contributed by atoms with van der Waals surface area (Å²) in [4.78, 5) is 46.0. The van der Waals surface area contributed by atoms with Crippen LogP contribution in [0.5, 0.6) is 0 Å². The lowest BCUT2D eigenvalue weighted by molar-refractivity contribution is 0.0574. The van der Waals surface area contributed by atoms with Crippen LogP contribution in [0.15, 0.2) is 11.1 Å². The van der Waals surface area contributed by atoms with E-state index in [2.05, 4.69) is 4.98 Å². The molecular weight excluding hydrogens is 356 g/mol. The average molecular weight is 378 g/mol. The number of thiophene rings is 1. The van der Waals surface area contributed by atoms with E-state index in [1.54, 1.807) is 23.6 Å². The SMILES string of the molecule is CCOC(=O)N1CCN(C(=O)c2sc3ncn(CC)c(=O)c3c2C)CC1. The Morgan fingerprint density at radius 3 is 2.46 bits per heavy atom. The Hall–Kier alpha value is -2.42. The average Bonchev–Trinajstić information content (AvgIpc) is 2.99. The fraction of sp³-hybridized carbons (Fsp3) is 0.529. The zero-order chi connectivity index (χ0) is 18.8. The zero-order valence-corrected chi connectivity index (χ0v) is 16.0. The number of carbonyl (C=O) groups excluding carboxylic acids is 2. The molecule has 8 nitrogen and oxygen atoms in total. The van der Waals surface area contributed by atoms with Crippen molar-refractivity contribution >= 4 is 33.6 Å². The highest BCUT2D eigenvalue weighted by molar-refractivity contribution is 7.20. The molecule has 0 unspecified atom stereocenters. The highest BCUT2D eigenvalue weighted by Crippen LogP contribution is 2.28. The van der Waals surface area contributed by atoms with Gasteiger partial charge in [-0.1, -0.05) is 0 Å². The van der Waals surface area contributed by atoms with Crippen molar-refractivity contribution in [1.29, 1.82) is 0 Å². The minimum atomic E-state index is -0.345. The second kappa shape index (κ2) is 7.45. The Bertz CT molecular complexity index is 896. The second-order valence-electron chi connectivity index (χ2n) is 6.05. The Balaban J connectivity index is 1.81. The van der Waals surface area contributed by atoms with Crippen LogP contribution in [0.3, 0.4) is 0 Å². The molecule has 2 aromatic heterocycles. The number of fused-ring (bicyclic) bond motifs is 1. The highest BCUT2D eigenvalue weighted by atomic mass is 32.1. The third-order valence-electron chi connectivity index (χ3n) is 4.55. The summed E-state index contributed by atoms with van der Waals surface area (Å²) < 4.78 is 6.53. The number of aryl methyl sites for hydroxylation is 2. The molecule has 1 fully saturated rings. The fourth-order valence-electron chi connectivity index (χ4n) is 3.04. The number of nitrogens with zero attached hydrogens (tertiary/aromatic N) is 4. The summed E-state index contributed by atoms with van der Waals surface area (Å²) in [5.74, 6) is -0.114. The van der Waals surface area contributed by atoms with Crippen LogP contribution in [0.4, 0.5) is 4.79 Å². The van der Waals surface area contributed by atoms with E-state index in [0.717, 1.165) is 0 Å². The zero-order valence-electron chi connectivity index (χ0n) is 15.2. The van der Waals surface area contributed by atoms with E-state index >= 15 is 0 Å². The molecule has 140 valence electrons. The van der Waals surface area contributed by atoms with Crippen molar-refractivity contribution in [2.24, 2.45) is 0 Å². The Labute approximate surface area is 155 Å². The molecule has 0 N–H and O–H groups in total. The van der Waals surface area contributed by atoms with Gasteiger partial charge < -0.3 is 14.5 Å². The van der Waals surface area contributed by atoms with E-state index in [4.69, 9.17) is 4.74 Å². The van der Waals surface area contributed by atoms with Crippen LogP contribution in [0.1, 0.15) is 29.1 Å². The monoisotopic (exact) mass is 378 g/mol. The molecule has 0 aromatic carbocycles. The molecule has 9 heteroatoms. The summed E-state index contributed by atoms with van der Waals surface area (Å²) in [6.07, 6.45) is 1.18. The number of ether oxygens (including phenoxy) is 1. The van der Waals surface area contributed by atoms with Gasteiger partial charge >= 0.3 is 6.09 Å². The van der Waals surface area contributed by atoms with Crippen molar-refractivity contribution in [3.63, 3.8) is 0 Å². The number of aromatic nitrogens is 2. The molecular formula is C17H22N4O4S. The Morgan fingerprint density at radius 2 is 1.85 bits per heavy atom. The van der Waals surface area contributed by atoms with Crippen LogP contribution in [0, 0.1) is 6.92 Å². The molecule has 2 aromatic rings. The molecule has 0 bridgehead atoms. The van der Waals surface area contributed by atoms with Crippen molar-refractivity contribution in [2.45, 2.75) is 27.3 Å². The lowest BCUT2D eigenvalue weighted by Gasteiger charge is -2.33. The second-order valence-corrected chi connectivity index (χ2v) is 7.05. The van der Waals surface area contributed by atoms with E-state index < -0.39 is 0 Å². The van der Waals surface area contributed by atoms with Gasteiger partial charge in [0.2, 0.25) is 0 Å². The molecule has 0 aliphatic carbocycles. The van der Waals surface area contributed by atoms with Crippen molar-refractivity contribution < 1.29 is 14.3 Å². The smallest absolute Gasteiger partial charge is 0.409 e. The summed E-state index contributed by atoms with van der Waals surface area (Å²) in [6, 6.07) is 0. The minimum Gasteiger partial charge on any atom is -0.450 e. The maximum Gasteiger partial charge on any atom is 0.409 e. The topological polar surface area (TPSA) is 84.7 Å². The largest absolute Gasteiger partial charge is 0.450 e. The molecule has 1 saturated heterocycles. The number of rotatable bonds is 3. The lowest BCUT2D eigenvalue weighted by Crippen LogP contribution is -2.50. The molecule has 3 heterocycles. The van der Waals surface area contributed by atoms with E-state index in [1.807, 2.05) is 6.92 Å². The van der Waals surface area contributed by atoms with Crippen LogP contribution < -0.4 is 5.56 Å². The summed E-state index contributed by atoms with van der Waals surface area (Å²) in [7, 11) is 0. The molecule has 26 heavy (non-hydrogen) atoms. The van der Waals surface area contributed by atoms with E-state index in [-0.39, 0.29) is 17.6 Å². The molecule has 0 atom stereocenters. The van der Waals surface area contributed by atoms with Crippen molar-refractivity contribution in [2.75, 3.05) is 32.8 Å². The molecule has 1 aliphatic heterocycles. The van der Waals surface area contributed by atoms with Gasteiger partial charge in [0.15, 0.2) is 0 Å². The lowest BCUT2D eigenvalue weighted by atomic mass is 10.2. The normalized spacial score (nSPS) is 14.7. The standard InChI is InChI=1S/C17H22N4O4S/c1-4-19-10-18-14-12(15(19)22)11(3)13(26-14)16(23)20-6-8-21(9-7-20)17(24)25-5-2/h10H,4-9H2,1-3H3. The van der Waals surface area contributed by atoms with Gasteiger partial charge in [-0.15, -0.1) is 11.3 Å². The van der Waals surface area contributed by atoms with Gasteiger partial charge in [-0.2, -0.15) is 0 Å². The van der Waals surface area contributed by atoms with Crippen LogP contribution in [0.2, 0.25) is 0 Å².